The predicted molar refractivity (Wildman–Crippen MR) is 97.9 cm³/mol. The maximum Gasteiger partial charge on any atom is 0.253 e. The van der Waals surface area contributed by atoms with Crippen LogP contribution < -0.4 is 5.32 Å². The first-order valence-corrected chi connectivity index (χ1v) is 8.75. The summed E-state index contributed by atoms with van der Waals surface area (Å²) in [4.78, 5) is 16.0. The summed E-state index contributed by atoms with van der Waals surface area (Å²) in [7, 11) is 0. The van der Waals surface area contributed by atoms with Gasteiger partial charge in [-0.05, 0) is 43.0 Å². The molecule has 122 valence electrons. The number of para-hydroxylation sites is 1. The molecule has 0 saturated carbocycles. The monoisotopic (exact) mass is 358 g/mol. The molecule has 0 aliphatic heterocycles. The van der Waals surface area contributed by atoms with Crippen molar-refractivity contribution in [2.24, 2.45) is 0 Å². The van der Waals surface area contributed by atoms with Crippen molar-refractivity contribution >= 4 is 40.0 Å². The highest BCUT2D eigenvalue weighted by atomic mass is 35.5. The third-order valence-corrected chi connectivity index (χ3v) is 5.26. The number of carbonyl (C=O) groups excluding carboxylic acids is 1. The van der Waals surface area contributed by atoms with E-state index in [2.05, 4.69) is 16.4 Å². The first-order chi connectivity index (χ1) is 11.6. The fraction of sp³-hybridized carbons (Fsp3) is 0.211. The Labute approximate surface area is 150 Å². The van der Waals surface area contributed by atoms with Crippen molar-refractivity contribution in [3.8, 4) is 0 Å². The first kappa shape index (κ1) is 15.6. The molecule has 2 aromatic carbocycles. The van der Waals surface area contributed by atoms with Gasteiger partial charge < -0.3 is 10.3 Å². The highest BCUT2D eigenvalue weighted by Crippen LogP contribution is 2.37. The van der Waals surface area contributed by atoms with Crippen molar-refractivity contribution in [3.05, 3.63) is 69.3 Å². The topological polar surface area (TPSA) is 44.9 Å². The van der Waals surface area contributed by atoms with Crippen LogP contribution in [-0.4, -0.2) is 10.9 Å². The number of aromatic nitrogens is 1. The Morgan fingerprint density at radius 2 is 1.88 bits per heavy atom. The van der Waals surface area contributed by atoms with Gasteiger partial charge in [-0.25, -0.2) is 0 Å². The molecule has 1 aliphatic rings. The summed E-state index contributed by atoms with van der Waals surface area (Å²) in [5.41, 5.74) is 3.76. The molecular weight excluding hydrogens is 343 g/mol. The minimum atomic E-state index is -0.150. The van der Waals surface area contributed by atoms with Crippen LogP contribution >= 0.6 is 23.2 Å². The molecule has 0 saturated heterocycles. The van der Waals surface area contributed by atoms with Gasteiger partial charge in [0.1, 0.15) is 0 Å². The highest BCUT2D eigenvalue weighted by Gasteiger charge is 2.26. The molecule has 3 aromatic rings. The number of fused-ring (bicyclic) bond motifs is 3. The Balaban J connectivity index is 1.70. The molecule has 1 heterocycles. The van der Waals surface area contributed by atoms with Gasteiger partial charge in [-0.15, -0.1) is 0 Å². The SMILES string of the molecule is O=C(N[C@H]1CCCc2c1[nH]c1c(Cl)cccc21)c1ccccc1Cl. The molecule has 0 spiro atoms. The molecule has 0 bridgehead atoms. The van der Waals surface area contributed by atoms with Gasteiger partial charge in [-0.3, -0.25) is 4.79 Å². The van der Waals surface area contributed by atoms with Gasteiger partial charge in [0.25, 0.3) is 5.91 Å². The molecule has 1 aliphatic carbocycles. The fourth-order valence-electron chi connectivity index (χ4n) is 3.48. The molecule has 0 fully saturated rings. The van der Waals surface area contributed by atoms with Crippen molar-refractivity contribution in [2.75, 3.05) is 0 Å². The number of aromatic amines is 1. The van der Waals surface area contributed by atoms with Gasteiger partial charge >= 0.3 is 0 Å². The van der Waals surface area contributed by atoms with E-state index in [4.69, 9.17) is 23.2 Å². The standard InChI is InChI=1S/C19H16Cl2N2O/c20-14-8-2-1-5-13(14)19(24)22-16-10-4-7-12-11-6-3-9-15(21)17(11)23-18(12)16/h1-3,5-6,8-9,16,23H,4,7,10H2,(H,22,24)/t16-/m0/s1. The molecule has 2 N–H and O–H groups in total. The lowest BCUT2D eigenvalue weighted by Crippen LogP contribution is -2.31. The third-order valence-electron chi connectivity index (χ3n) is 4.62. The van der Waals surface area contributed by atoms with Gasteiger partial charge in [0.2, 0.25) is 0 Å². The lowest BCUT2D eigenvalue weighted by molar-refractivity contribution is 0.0932. The summed E-state index contributed by atoms with van der Waals surface area (Å²) >= 11 is 12.4. The van der Waals surface area contributed by atoms with Crippen LogP contribution in [-0.2, 0) is 6.42 Å². The fourth-order valence-corrected chi connectivity index (χ4v) is 3.92. The van der Waals surface area contributed by atoms with Crippen LogP contribution in [0.15, 0.2) is 42.5 Å². The van der Waals surface area contributed by atoms with E-state index in [-0.39, 0.29) is 11.9 Å². The normalized spacial score (nSPS) is 16.8. The maximum atomic E-state index is 12.6. The van der Waals surface area contributed by atoms with Crippen LogP contribution in [0.5, 0.6) is 0 Å². The molecule has 0 unspecified atom stereocenters. The van der Waals surface area contributed by atoms with Crippen LogP contribution in [0.2, 0.25) is 10.0 Å². The zero-order chi connectivity index (χ0) is 16.7. The van der Waals surface area contributed by atoms with E-state index >= 15 is 0 Å². The van der Waals surface area contributed by atoms with Gasteiger partial charge in [0.15, 0.2) is 0 Å². The summed E-state index contributed by atoms with van der Waals surface area (Å²) in [6, 6.07) is 13.0. The van der Waals surface area contributed by atoms with E-state index in [1.807, 2.05) is 24.3 Å². The first-order valence-electron chi connectivity index (χ1n) is 7.99. The Kier molecular flexibility index (Phi) is 3.99. The second-order valence-corrected chi connectivity index (χ2v) is 6.89. The number of aryl methyl sites for hydroxylation is 1. The number of H-pyrrole nitrogens is 1. The predicted octanol–water partition coefficient (Wildman–Crippen LogP) is 5.28. The summed E-state index contributed by atoms with van der Waals surface area (Å²) in [5.74, 6) is -0.150. The zero-order valence-corrected chi connectivity index (χ0v) is 14.4. The molecule has 1 aromatic heterocycles. The van der Waals surface area contributed by atoms with Gasteiger partial charge in [-0.1, -0.05) is 47.5 Å². The second-order valence-electron chi connectivity index (χ2n) is 6.08. The Hall–Kier alpha value is -1.97. The lowest BCUT2D eigenvalue weighted by atomic mass is 9.91. The van der Waals surface area contributed by atoms with Gasteiger partial charge in [0.05, 0.1) is 27.2 Å². The van der Waals surface area contributed by atoms with E-state index in [0.29, 0.717) is 15.6 Å². The van der Waals surface area contributed by atoms with E-state index in [1.165, 1.54) is 5.56 Å². The number of carbonyl (C=O) groups is 1. The lowest BCUT2D eigenvalue weighted by Gasteiger charge is -2.24. The van der Waals surface area contributed by atoms with E-state index in [1.54, 1.807) is 12.1 Å². The van der Waals surface area contributed by atoms with E-state index in [9.17, 15) is 4.79 Å². The third kappa shape index (κ3) is 2.58. The van der Waals surface area contributed by atoms with Crippen LogP contribution in [0, 0.1) is 0 Å². The number of hydrogen-bond acceptors (Lipinski definition) is 1. The largest absolute Gasteiger partial charge is 0.355 e. The summed E-state index contributed by atoms with van der Waals surface area (Å²) in [5, 5.41) is 5.43. The van der Waals surface area contributed by atoms with Crippen molar-refractivity contribution in [1.82, 2.24) is 10.3 Å². The minimum absolute atomic E-state index is 0.0546. The van der Waals surface area contributed by atoms with Crippen LogP contribution in [0.1, 0.15) is 40.5 Å². The molecule has 3 nitrogen and oxygen atoms in total. The summed E-state index contributed by atoms with van der Waals surface area (Å²) in [6.45, 7) is 0. The average molecular weight is 359 g/mol. The number of halogens is 2. The smallest absolute Gasteiger partial charge is 0.253 e. The highest BCUT2D eigenvalue weighted by molar-refractivity contribution is 6.35. The summed E-state index contributed by atoms with van der Waals surface area (Å²) in [6.07, 6.45) is 2.92. The molecule has 24 heavy (non-hydrogen) atoms. The number of rotatable bonds is 2. The van der Waals surface area contributed by atoms with Crippen molar-refractivity contribution in [2.45, 2.75) is 25.3 Å². The maximum absolute atomic E-state index is 12.6. The molecule has 4 rings (SSSR count). The van der Waals surface area contributed by atoms with E-state index < -0.39 is 0 Å². The summed E-state index contributed by atoms with van der Waals surface area (Å²) < 4.78 is 0. The van der Waals surface area contributed by atoms with E-state index in [0.717, 1.165) is 35.9 Å². The van der Waals surface area contributed by atoms with Gasteiger partial charge in [-0.2, -0.15) is 0 Å². The Morgan fingerprint density at radius 1 is 1.08 bits per heavy atom. The van der Waals surface area contributed by atoms with Crippen LogP contribution in [0.3, 0.4) is 0 Å². The zero-order valence-electron chi connectivity index (χ0n) is 12.9. The van der Waals surface area contributed by atoms with Crippen LogP contribution in [0.4, 0.5) is 0 Å². The number of nitrogens with one attached hydrogen (secondary N) is 2. The number of amides is 1. The quantitative estimate of drug-likeness (QED) is 0.642. The molecule has 1 amide bonds. The van der Waals surface area contributed by atoms with Crippen molar-refractivity contribution in [1.29, 1.82) is 0 Å². The average Bonchev–Trinajstić information content (AvgIpc) is 2.97. The number of benzene rings is 2. The van der Waals surface area contributed by atoms with Crippen molar-refractivity contribution in [3.63, 3.8) is 0 Å². The molecule has 5 heteroatoms. The Morgan fingerprint density at radius 3 is 2.71 bits per heavy atom. The van der Waals surface area contributed by atoms with Gasteiger partial charge in [0, 0.05) is 11.1 Å². The molecular formula is C19H16Cl2N2O. The molecule has 1 atom stereocenters. The minimum Gasteiger partial charge on any atom is -0.355 e. The van der Waals surface area contributed by atoms with Crippen LogP contribution in [0.25, 0.3) is 10.9 Å². The van der Waals surface area contributed by atoms with Crippen molar-refractivity contribution < 1.29 is 4.79 Å². The molecule has 0 radical (unpaired) electrons. The number of hydrogen-bond donors (Lipinski definition) is 2. The Bertz CT molecular complexity index is 932. The second kappa shape index (κ2) is 6.15.